The fraction of sp³-hybridized carbons (Fsp3) is 0.364. The second kappa shape index (κ2) is 5.07. The molecule has 88 valence electrons. The maximum Gasteiger partial charge on any atom is 0.268 e. The Kier molecular flexibility index (Phi) is 4.01. The van der Waals surface area contributed by atoms with Gasteiger partial charge < -0.3 is 15.6 Å². The molecule has 0 spiro atoms. The van der Waals surface area contributed by atoms with Gasteiger partial charge >= 0.3 is 0 Å². The van der Waals surface area contributed by atoms with Gasteiger partial charge in [-0.25, -0.2) is 0 Å². The molecule has 16 heavy (non-hydrogen) atoms. The van der Waals surface area contributed by atoms with Crippen molar-refractivity contribution in [2.45, 2.75) is 19.9 Å². The minimum absolute atomic E-state index is 0.178. The Bertz CT molecular complexity index is 409. The van der Waals surface area contributed by atoms with Crippen LogP contribution in [-0.4, -0.2) is 17.0 Å². The lowest BCUT2D eigenvalue weighted by Crippen LogP contribution is -2.27. The van der Waals surface area contributed by atoms with E-state index in [-0.39, 0.29) is 18.5 Å². The normalized spacial score (nSPS) is 10.5. The van der Waals surface area contributed by atoms with Crippen LogP contribution in [0.25, 0.3) is 0 Å². The highest BCUT2D eigenvalue weighted by Crippen LogP contribution is 2.16. The van der Waals surface area contributed by atoms with E-state index in [0.29, 0.717) is 16.4 Å². The molecule has 3 N–H and O–H groups in total. The van der Waals surface area contributed by atoms with Crippen LogP contribution >= 0.6 is 11.6 Å². The minimum Gasteiger partial charge on any atom is -0.397 e. The van der Waals surface area contributed by atoms with Gasteiger partial charge in [-0.05, 0) is 19.9 Å². The number of aromatic nitrogens is 1. The Labute approximate surface area is 100 Å². The van der Waals surface area contributed by atoms with E-state index in [2.05, 4.69) is 11.9 Å². The van der Waals surface area contributed by atoms with Gasteiger partial charge in [0, 0.05) is 17.3 Å². The number of nitrogens with one attached hydrogen (secondary N) is 1. The third-order valence-corrected chi connectivity index (χ3v) is 2.23. The van der Waals surface area contributed by atoms with Gasteiger partial charge in [-0.2, -0.15) is 0 Å². The third kappa shape index (κ3) is 3.03. The number of amides is 1. The summed E-state index contributed by atoms with van der Waals surface area (Å²) in [4.78, 5) is 11.8. The van der Waals surface area contributed by atoms with Crippen molar-refractivity contribution in [1.82, 2.24) is 9.88 Å². The standard InChI is InChI=1S/C11H16ClN3O/c1-7(2)15-6-9(13)4-10(15)11(16)14-5-8(3)12/h4,6-7H,3,5,13H2,1-2H3,(H,14,16). The number of nitrogens with two attached hydrogens (primary N) is 1. The average Bonchev–Trinajstić information content (AvgIpc) is 2.56. The molecule has 0 atom stereocenters. The predicted molar refractivity (Wildman–Crippen MR) is 66.6 cm³/mol. The number of nitrogen functional groups attached to an aromatic ring is 1. The zero-order valence-electron chi connectivity index (χ0n) is 9.46. The van der Waals surface area contributed by atoms with Crippen molar-refractivity contribution in [2.24, 2.45) is 0 Å². The van der Waals surface area contributed by atoms with Crippen LogP contribution in [0, 0.1) is 0 Å². The highest BCUT2D eigenvalue weighted by Gasteiger charge is 2.14. The lowest BCUT2D eigenvalue weighted by atomic mass is 10.3. The SMILES string of the molecule is C=C(Cl)CNC(=O)c1cc(N)cn1C(C)C. The number of nitrogens with zero attached hydrogens (tertiary/aromatic N) is 1. The smallest absolute Gasteiger partial charge is 0.268 e. The van der Waals surface area contributed by atoms with E-state index in [9.17, 15) is 4.79 Å². The molecule has 1 amide bonds. The summed E-state index contributed by atoms with van der Waals surface area (Å²) >= 11 is 5.58. The molecule has 0 aliphatic heterocycles. The molecule has 0 fully saturated rings. The molecule has 0 bridgehead atoms. The first-order valence-corrected chi connectivity index (χ1v) is 5.38. The summed E-state index contributed by atoms with van der Waals surface area (Å²) in [5, 5.41) is 3.05. The van der Waals surface area contributed by atoms with Gasteiger partial charge in [0.1, 0.15) is 5.69 Å². The number of hydrogen-bond donors (Lipinski definition) is 2. The summed E-state index contributed by atoms with van der Waals surface area (Å²) in [6.45, 7) is 7.72. The number of carbonyl (C=O) groups excluding carboxylic acids is 1. The second-order valence-corrected chi connectivity index (χ2v) is 4.39. The molecule has 1 aromatic heterocycles. The predicted octanol–water partition coefficient (Wildman–Crippen LogP) is 2.13. The molecule has 0 saturated carbocycles. The summed E-state index contributed by atoms with van der Waals surface area (Å²) in [6, 6.07) is 1.82. The zero-order chi connectivity index (χ0) is 12.3. The zero-order valence-corrected chi connectivity index (χ0v) is 10.2. The summed E-state index contributed by atoms with van der Waals surface area (Å²) in [5.41, 5.74) is 6.77. The molecule has 1 heterocycles. The largest absolute Gasteiger partial charge is 0.397 e. The van der Waals surface area contributed by atoms with Gasteiger partial charge in [-0.3, -0.25) is 4.79 Å². The maximum atomic E-state index is 11.8. The molecule has 0 saturated heterocycles. The first kappa shape index (κ1) is 12.6. The molecular formula is C11H16ClN3O. The summed E-state index contributed by atoms with van der Waals surface area (Å²) < 4.78 is 1.82. The number of anilines is 1. The van der Waals surface area contributed by atoms with Crippen molar-refractivity contribution in [2.75, 3.05) is 12.3 Å². The number of halogens is 1. The number of rotatable bonds is 4. The lowest BCUT2D eigenvalue weighted by molar-refractivity contribution is 0.0947. The quantitative estimate of drug-likeness (QED) is 0.849. The minimum atomic E-state index is -0.202. The molecule has 0 aromatic carbocycles. The Morgan fingerprint density at radius 2 is 2.31 bits per heavy atom. The van der Waals surface area contributed by atoms with Gasteiger partial charge in [-0.1, -0.05) is 18.2 Å². The van der Waals surface area contributed by atoms with Crippen LogP contribution in [0.4, 0.5) is 5.69 Å². The topological polar surface area (TPSA) is 60.1 Å². The van der Waals surface area contributed by atoms with Gasteiger partial charge in [0.25, 0.3) is 5.91 Å². The van der Waals surface area contributed by atoms with Crippen molar-refractivity contribution in [3.05, 3.63) is 29.6 Å². The summed E-state index contributed by atoms with van der Waals surface area (Å²) in [6.07, 6.45) is 1.75. The van der Waals surface area contributed by atoms with E-state index in [0.717, 1.165) is 0 Å². The lowest BCUT2D eigenvalue weighted by Gasteiger charge is -2.12. The number of hydrogen-bond acceptors (Lipinski definition) is 2. The fourth-order valence-electron chi connectivity index (χ4n) is 1.38. The molecule has 1 rings (SSSR count). The van der Waals surface area contributed by atoms with Crippen molar-refractivity contribution in [3.63, 3.8) is 0 Å². The van der Waals surface area contributed by atoms with Crippen LogP contribution in [0.1, 0.15) is 30.4 Å². The average molecular weight is 242 g/mol. The van der Waals surface area contributed by atoms with Gasteiger partial charge in [0.15, 0.2) is 0 Å². The molecule has 1 aromatic rings. The molecule has 4 nitrogen and oxygen atoms in total. The fourth-order valence-corrected chi connectivity index (χ4v) is 1.44. The van der Waals surface area contributed by atoms with E-state index < -0.39 is 0 Å². The Morgan fingerprint density at radius 1 is 1.69 bits per heavy atom. The first-order chi connectivity index (χ1) is 7.41. The van der Waals surface area contributed by atoms with E-state index >= 15 is 0 Å². The molecule has 5 heteroatoms. The molecular weight excluding hydrogens is 226 g/mol. The number of carbonyl (C=O) groups is 1. The van der Waals surface area contributed by atoms with Crippen LogP contribution < -0.4 is 11.1 Å². The van der Waals surface area contributed by atoms with Crippen molar-refractivity contribution >= 4 is 23.2 Å². The van der Waals surface area contributed by atoms with Gasteiger partial charge in [0.2, 0.25) is 0 Å². The molecule has 0 radical (unpaired) electrons. The van der Waals surface area contributed by atoms with Crippen LogP contribution in [0.5, 0.6) is 0 Å². The maximum absolute atomic E-state index is 11.8. The van der Waals surface area contributed by atoms with E-state index in [1.165, 1.54) is 0 Å². The van der Waals surface area contributed by atoms with Crippen molar-refractivity contribution in [1.29, 1.82) is 0 Å². The van der Waals surface area contributed by atoms with E-state index in [4.69, 9.17) is 17.3 Å². The van der Waals surface area contributed by atoms with Crippen LogP contribution in [0.15, 0.2) is 23.9 Å². The Hall–Kier alpha value is -1.42. The van der Waals surface area contributed by atoms with Crippen molar-refractivity contribution < 1.29 is 4.79 Å². The summed E-state index contributed by atoms with van der Waals surface area (Å²) in [7, 11) is 0. The van der Waals surface area contributed by atoms with Crippen LogP contribution in [0.2, 0.25) is 0 Å². The second-order valence-electron chi connectivity index (χ2n) is 3.86. The van der Waals surface area contributed by atoms with Gasteiger partial charge in [0.05, 0.1) is 12.2 Å². The molecule has 0 unspecified atom stereocenters. The highest BCUT2D eigenvalue weighted by molar-refractivity contribution is 6.29. The first-order valence-electron chi connectivity index (χ1n) is 5.00. The van der Waals surface area contributed by atoms with Crippen molar-refractivity contribution in [3.8, 4) is 0 Å². The summed E-state index contributed by atoms with van der Waals surface area (Å²) in [5.74, 6) is -0.202. The monoisotopic (exact) mass is 241 g/mol. The van der Waals surface area contributed by atoms with Crippen LogP contribution in [-0.2, 0) is 0 Å². The Balaban J connectivity index is 2.86. The highest BCUT2D eigenvalue weighted by atomic mass is 35.5. The van der Waals surface area contributed by atoms with E-state index in [1.54, 1.807) is 12.3 Å². The van der Waals surface area contributed by atoms with E-state index in [1.807, 2.05) is 18.4 Å². The third-order valence-electron chi connectivity index (χ3n) is 2.10. The molecule has 0 aliphatic rings. The molecule has 0 aliphatic carbocycles. The van der Waals surface area contributed by atoms with Gasteiger partial charge in [-0.15, -0.1) is 0 Å². The Morgan fingerprint density at radius 3 is 2.81 bits per heavy atom. The van der Waals surface area contributed by atoms with Crippen LogP contribution in [0.3, 0.4) is 0 Å².